The third-order valence-electron chi connectivity index (χ3n) is 5.80. The van der Waals surface area contributed by atoms with Gasteiger partial charge in [0.1, 0.15) is 0 Å². The van der Waals surface area contributed by atoms with Gasteiger partial charge in [-0.25, -0.2) is 4.68 Å². The second kappa shape index (κ2) is 6.45. The number of amides is 1. The summed E-state index contributed by atoms with van der Waals surface area (Å²) in [6, 6.07) is 7.79. The Morgan fingerprint density at radius 2 is 2.00 bits per heavy atom. The Kier molecular flexibility index (Phi) is 4.22. The average molecular weight is 370 g/mol. The zero-order valence-corrected chi connectivity index (χ0v) is 15.4. The van der Waals surface area contributed by atoms with Crippen molar-refractivity contribution in [3.63, 3.8) is 0 Å². The third kappa shape index (κ3) is 2.80. The minimum Gasteiger partial charge on any atom is -0.481 e. The van der Waals surface area contributed by atoms with E-state index < -0.39 is 11.4 Å². The number of fused-ring (bicyclic) bond motifs is 1. The lowest BCUT2D eigenvalue weighted by atomic mass is 9.74. The number of aromatic nitrogens is 3. The first kappa shape index (κ1) is 17.7. The van der Waals surface area contributed by atoms with Crippen molar-refractivity contribution in [3.8, 4) is 5.69 Å². The van der Waals surface area contributed by atoms with Crippen LogP contribution in [0.2, 0.25) is 0 Å². The summed E-state index contributed by atoms with van der Waals surface area (Å²) in [6.07, 6.45) is 0.422. The van der Waals surface area contributed by atoms with Crippen LogP contribution in [0.3, 0.4) is 0 Å². The number of benzene rings is 1. The number of nitrogens with zero attached hydrogens (tertiary/aromatic N) is 4. The van der Waals surface area contributed by atoms with Crippen molar-refractivity contribution in [2.75, 3.05) is 26.3 Å². The van der Waals surface area contributed by atoms with Gasteiger partial charge in [0.15, 0.2) is 5.69 Å². The lowest BCUT2D eigenvalue weighted by Gasteiger charge is -2.33. The number of carboxylic acid groups (broad SMARTS) is 1. The van der Waals surface area contributed by atoms with E-state index >= 15 is 0 Å². The number of carbonyl (C=O) groups is 2. The van der Waals surface area contributed by atoms with Gasteiger partial charge in [0, 0.05) is 25.6 Å². The highest BCUT2D eigenvalue weighted by Crippen LogP contribution is 2.42. The van der Waals surface area contributed by atoms with Gasteiger partial charge in [0.2, 0.25) is 0 Å². The molecule has 2 saturated heterocycles. The van der Waals surface area contributed by atoms with Gasteiger partial charge in [-0.2, -0.15) is 0 Å². The normalized spacial score (nSPS) is 24.7. The van der Waals surface area contributed by atoms with Crippen molar-refractivity contribution in [1.82, 2.24) is 19.9 Å². The molecule has 0 bridgehead atoms. The molecule has 2 aromatic rings. The van der Waals surface area contributed by atoms with E-state index in [9.17, 15) is 14.7 Å². The molecule has 0 spiro atoms. The Morgan fingerprint density at radius 3 is 2.67 bits per heavy atom. The molecule has 0 radical (unpaired) electrons. The van der Waals surface area contributed by atoms with Crippen molar-refractivity contribution in [2.45, 2.75) is 20.3 Å². The standard InChI is InChI=1S/C19H22N4O4/c1-12-3-5-15(6-4-12)23-13(2)16(20-21-23)17(24)22-9-14-10-27-8-7-19(14,11-22)18(25)26/h3-6,14H,7-11H2,1-2H3,(H,25,26)/t14-,19+/m0/s1. The van der Waals surface area contributed by atoms with Crippen LogP contribution >= 0.6 is 0 Å². The third-order valence-corrected chi connectivity index (χ3v) is 5.80. The molecule has 2 atom stereocenters. The zero-order valence-electron chi connectivity index (χ0n) is 15.4. The van der Waals surface area contributed by atoms with Crippen LogP contribution in [0.15, 0.2) is 24.3 Å². The Labute approximate surface area is 156 Å². The molecule has 2 aliphatic heterocycles. The summed E-state index contributed by atoms with van der Waals surface area (Å²) in [5.74, 6) is -1.33. The molecule has 8 heteroatoms. The van der Waals surface area contributed by atoms with Gasteiger partial charge in [-0.3, -0.25) is 9.59 Å². The molecular weight excluding hydrogens is 348 g/mol. The number of aliphatic carboxylic acids is 1. The summed E-state index contributed by atoms with van der Waals surface area (Å²) in [7, 11) is 0. The Hall–Kier alpha value is -2.74. The van der Waals surface area contributed by atoms with Gasteiger partial charge in [0.25, 0.3) is 5.91 Å². The fourth-order valence-corrected chi connectivity index (χ4v) is 4.06. The number of carboxylic acids is 1. The molecule has 0 unspecified atom stereocenters. The van der Waals surface area contributed by atoms with Crippen molar-refractivity contribution in [2.24, 2.45) is 11.3 Å². The summed E-state index contributed by atoms with van der Waals surface area (Å²) in [6.45, 7) is 5.13. The fraction of sp³-hybridized carbons (Fsp3) is 0.474. The molecule has 0 aliphatic carbocycles. The van der Waals surface area contributed by atoms with Crippen LogP contribution in [0.25, 0.3) is 5.69 Å². The van der Waals surface area contributed by atoms with Crippen LogP contribution in [0.5, 0.6) is 0 Å². The first-order valence-electron chi connectivity index (χ1n) is 9.02. The Morgan fingerprint density at radius 1 is 1.26 bits per heavy atom. The zero-order chi connectivity index (χ0) is 19.2. The summed E-state index contributed by atoms with van der Waals surface area (Å²) >= 11 is 0. The fourth-order valence-electron chi connectivity index (χ4n) is 4.06. The van der Waals surface area contributed by atoms with E-state index in [2.05, 4.69) is 10.3 Å². The van der Waals surface area contributed by atoms with E-state index in [0.717, 1.165) is 11.3 Å². The van der Waals surface area contributed by atoms with Gasteiger partial charge < -0.3 is 14.7 Å². The molecule has 2 fully saturated rings. The predicted molar refractivity (Wildman–Crippen MR) is 95.7 cm³/mol. The van der Waals surface area contributed by atoms with Crippen LogP contribution in [0.4, 0.5) is 0 Å². The molecule has 1 amide bonds. The van der Waals surface area contributed by atoms with Crippen molar-refractivity contribution in [3.05, 3.63) is 41.2 Å². The first-order valence-corrected chi connectivity index (χ1v) is 9.02. The summed E-state index contributed by atoms with van der Waals surface area (Å²) in [5, 5.41) is 18.0. The minimum absolute atomic E-state index is 0.187. The predicted octanol–water partition coefficient (Wildman–Crippen LogP) is 1.45. The second-order valence-electron chi connectivity index (χ2n) is 7.44. The van der Waals surface area contributed by atoms with E-state index in [1.54, 1.807) is 16.5 Å². The lowest BCUT2D eigenvalue weighted by molar-refractivity contribution is -0.157. The maximum atomic E-state index is 13.1. The highest BCUT2D eigenvalue weighted by atomic mass is 16.5. The number of carbonyl (C=O) groups excluding carboxylic acids is 1. The van der Waals surface area contributed by atoms with Crippen LogP contribution < -0.4 is 0 Å². The van der Waals surface area contributed by atoms with E-state index in [4.69, 9.17) is 4.74 Å². The van der Waals surface area contributed by atoms with Crippen molar-refractivity contribution in [1.29, 1.82) is 0 Å². The van der Waals surface area contributed by atoms with E-state index in [-0.39, 0.29) is 24.1 Å². The Bertz CT molecular complexity index is 892. The number of rotatable bonds is 3. The molecule has 0 saturated carbocycles. The molecule has 8 nitrogen and oxygen atoms in total. The van der Waals surface area contributed by atoms with Crippen LogP contribution in [-0.4, -0.2) is 63.2 Å². The van der Waals surface area contributed by atoms with Crippen LogP contribution in [0, 0.1) is 25.2 Å². The van der Waals surface area contributed by atoms with E-state index in [1.807, 2.05) is 31.2 Å². The molecular formula is C19H22N4O4. The smallest absolute Gasteiger partial charge is 0.311 e. The minimum atomic E-state index is -0.922. The maximum Gasteiger partial charge on any atom is 0.311 e. The van der Waals surface area contributed by atoms with Crippen LogP contribution in [-0.2, 0) is 9.53 Å². The van der Waals surface area contributed by atoms with Gasteiger partial charge in [-0.05, 0) is 32.4 Å². The first-order chi connectivity index (χ1) is 12.9. The average Bonchev–Trinajstić information content (AvgIpc) is 3.24. The number of hydrogen-bond acceptors (Lipinski definition) is 5. The molecule has 1 N–H and O–H groups in total. The molecule has 1 aromatic carbocycles. The molecule has 4 rings (SSSR count). The second-order valence-corrected chi connectivity index (χ2v) is 7.44. The molecule has 27 heavy (non-hydrogen) atoms. The number of likely N-dealkylation sites (tertiary alicyclic amines) is 1. The quantitative estimate of drug-likeness (QED) is 0.878. The highest BCUT2D eigenvalue weighted by molar-refractivity contribution is 5.94. The summed E-state index contributed by atoms with van der Waals surface area (Å²) < 4.78 is 7.09. The SMILES string of the molecule is Cc1ccc(-n2nnc(C(=O)N3C[C@H]4COCC[C@@]4(C(=O)O)C3)c2C)cc1. The largest absolute Gasteiger partial charge is 0.481 e. The molecule has 3 heterocycles. The van der Waals surface area contributed by atoms with Gasteiger partial charge >= 0.3 is 5.97 Å². The van der Waals surface area contributed by atoms with Crippen molar-refractivity contribution >= 4 is 11.9 Å². The topological polar surface area (TPSA) is 97.5 Å². The van der Waals surface area contributed by atoms with Gasteiger partial charge in [-0.15, -0.1) is 5.10 Å². The van der Waals surface area contributed by atoms with Crippen LogP contribution in [0.1, 0.15) is 28.2 Å². The van der Waals surface area contributed by atoms with Gasteiger partial charge in [-0.1, -0.05) is 22.9 Å². The maximum absolute atomic E-state index is 13.1. The van der Waals surface area contributed by atoms with E-state index in [1.165, 1.54) is 0 Å². The molecule has 1 aromatic heterocycles. The monoisotopic (exact) mass is 370 g/mol. The lowest BCUT2D eigenvalue weighted by Crippen LogP contribution is -2.45. The number of ether oxygens (including phenoxy) is 1. The molecule has 2 aliphatic rings. The van der Waals surface area contributed by atoms with Crippen molar-refractivity contribution < 1.29 is 19.4 Å². The van der Waals surface area contributed by atoms with Gasteiger partial charge in [0.05, 0.1) is 23.4 Å². The molecule has 142 valence electrons. The number of aryl methyl sites for hydroxylation is 1. The summed E-state index contributed by atoms with van der Waals surface area (Å²) in [5.41, 5.74) is 1.94. The highest BCUT2D eigenvalue weighted by Gasteiger charge is 2.55. The summed E-state index contributed by atoms with van der Waals surface area (Å²) in [4.78, 5) is 26.6. The number of hydrogen-bond donors (Lipinski definition) is 1. The van der Waals surface area contributed by atoms with E-state index in [0.29, 0.717) is 31.9 Å². The Balaban J connectivity index is 1.61.